The summed E-state index contributed by atoms with van der Waals surface area (Å²) in [6, 6.07) is 4.54. The maximum Gasteiger partial charge on any atom is 0.0761 e. The zero-order valence-electron chi connectivity index (χ0n) is 12.1. The van der Waals surface area contributed by atoms with Crippen LogP contribution in [0.3, 0.4) is 0 Å². The molecule has 0 spiro atoms. The van der Waals surface area contributed by atoms with Gasteiger partial charge in [-0.3, -0.25) is 4.90 Å². The highest BCUT2D eigenvalue weighted by Gasteiger charge is 2.40. The van der Waals surface area contributed by atoms with Crippen LogP contribution in [0.15, 0.2) is 15.9 Å². The number of hydrogen-bond donors (Lipinski definition) is 1. The van der Waals surface area contributed by atoms with Crippen molar-refractivity contribution < 1.29 is 4.74 Å². The topological polar surface area (TPSA) is 38.5 Å². The SMILES string of the molecule is CC1(C)CN(C(CN)c2ccc(Br)s2)CC(C)(C)O1. The third-order valence-corrected chi connectivity index (χ3v) is 5.03. The summed E-state index contributed by atoms with van der Waals surface area (Å²) < 4.78 is 7.30. The van der Waals surface area contributed by atoms with Crippen LogP contribution in [0, 0.1) is 0 Å². The van der Waals surface area contributed by atoms with Gasteiger partial charge in [0.25, 0.3) is 0 Å². The fourth-order valence-electron chi connectivity index (χ4n) is 3.02. The molecule has 0 radical (unpaired) electrons. The summed E-state index contributed by atoms with van der Waals surface area (Å²) in [5, 5.41) is 0. The van der Waals surface area contributed by atoms with Gasteiger partial charge in [0.15, 0.2) is 0 Å². The van der Waals surface area contributed by atoms with Gasteiger partial charge < -0.3 is 10.5 Å². The lowest BCUT2D eigenvalue weighted by molar-refractivity contribution is -0.187. The number of hydrogen-bond acceptors (Lipinski definition) is 4. The molecular formula is C14H23BrN2OS. The molecule has 2 N–H and O–H groups in total. The van der Waals surface area contributed by atoms with E-state index >= 15 is 0 Å². The van der Waals surface area contributed by atoms with E-state index in [1.807, 2.05) is 0 Å². The molecule has 0 aromatic carbocycles. The van der Waals surface area contributed by atoms with Gasteiger partial charge in [-0.25, -0.2) is 0 Å². The molecule has 108 valence electrons. The van der Waals surface area contributed by atoms with Crippen molar-refractivity contribution >= 4 is 27.3 Å². The molecule has 1 aromatic rings. The van der Waals surface area contributed by atoms with E-state index in [2.05, 4.69) is 60.7 Å². The lowest BCUT2D eigenvalue weighted by Crippen LogP contribution is -2.58. The van der Waals surface area contributed by atoms with Crippen molar-refractivity contribution in [1.82, 2.24) is 4.90 Å². The summed E-state index contributed by atoms with van der Waals surface area (Å²) in [5.41, 5.74) is 5.76. The van der Waals surface area contributed by atoms with Gasteiger partial charge in [0.2, 0.25) is 0 Å². The Morgan fingerprint density at radius 1 is 1.32 bits per heavy atom. The minimum Gasteiger partial charge on any atom is -0.367 e. The number of halogens is 1. The second-order valence-corrected chi connectivity index (χ2v) is 8.91. The highest BCUT2D eigenvalue weighted by molar-refractivity contribution is 9.11. The van der Waals surface area contributed by atoms with Crippen LogP contribution in [0.2, 0.25) is 0 Å². The smallest absolute Gasteiger partial charge is 0.0761 e. The standard InChI is InChI=1S/C14H23BrN2OS/c1-13(2)8-17(9-14(3,4)18-13)10(7-16)11-5-6-12(15)19-11/h5-6,10H,7-9,16H2,1-4H3. The van der Waals surface area contributed by atoms with Crippen LogP contribution >= 0.6 is 27.3 Å². The molecule has 19 heavy (non-hydrogen) atoms. The molecule has 5 heteroatoms. The van der Waals surface area contributed by atoms with E-state index < -0.39 is 0 Å². The Hall–Kier alpha value is 0.0600. The van der Waals surface area contributed by atoms with Crippen LogP contribution in [0.1, 0.15) is 38.6 Å². The first-order chi connectivity index (χ1) is 8.72. The van der Waals surface area contributed by atoms with Crippen molar-refractivity contribution in [3.63, 3.8) is 0 Å². The Morgan fingerprint density at radius 3 is 2.32 bits per heavy atom. The van der Waals surface area contributed by atoms with Gasteiger partial charge in [-0.15, -0.1) is 11.3 Å². The molecule has 1 atom stereocenters. The van der Waals surface area contributed by atoms with E-state index in [4.69, 9.17) is 10.5 Å². The van der Waals surface area contributed by atoms with E-state index in [0.29, 0.717) is 6.54 Å². The quantitative estimate of drug-likeness (QED) is 0.911. The Kier molecular flexibility index (Phi) is 4.43. The van der Waals surface area contributed by atoms with E-state index in [9.17, 15) is 0 Å². The number of ether oxygens (including phenoxy) is 1. The fraction of sp³-hybridized carbons (Fsp3) is 0.714. The molecule has 3 nitrogen and oxygen atoms in total. The molecule has 1 saturated heterocycles. The average molecular weight is 347 g/mol. The van der Waals surface area contributed by atoms with E-state index in [-0.39, 0.29) is 17.2 Å². The van der Waals surface area contributed by atoms with Crippen molar-refractivity contribution in [2.24, 2.45) is 5.73 Å². The number of nitrogens with zero attached hydrogens (tertiary/aromatic N) is 1. The molecule has 2 rings (SSSR count). The van der Waals surface area contributed by atoms with Crippen LogP contribution in [-0.4, -0.2) is 35.7 Å². The van der Waals surface area contributed by atoms with Gasteiger partial charge >= 0.3 is 0 Å². The molecule has 0 amide bonds. The molecule has 0 aliphatic carbocycles. The number of thiophene rings is 1. The number of morpholine rings is 1. The van der Waals surface area contributed by atoms with Crippen LogP contribution in [0.25, 0.3) is 0 Å². The summed E-state index contributed by atoms with van der Waals surface area (Å²) in [6.45, 7) is 11.1. The maximum atomic E-state index is 6.14. The molecule has 0 bridgehead atoms. The summed E-state index contributed by atoms with van der Waals surface area (Å²) >= 11 is 5.30. The highest BCUT2D eigenvalue weighted by atomic mass is 79.9. The molecule has 2 heterocycles. The zero-order chi connectivity index (χ0) is 14.3. The summed E-state index contributed by atoms with van der Waals surface area (Å²) in [4.78, 5) is 3.78. The van der Waals surface area contributed by atoms with Crippen molar-refractivity contribution in [1.29, 1.82) is 0 Å². The van der Waals surface area contributed by atoms with Gasteiger partial charge in [0.05, 0.1) is 21.0 Å². The lowest BCUT2D eigenvalue weighted by atomic mass is 9.97. The number of nitrogens with two attached hydrogens (primary N) is 1. The molecule has 0 saturated carbocycles. The zero-order valence-corrected chi connectivity index (χ0v) is 14.5. The third-order valence-electron chi connectivity index (χ3n) is 3.31. The Balaban J connectivity index is 2.23. The average Bonchev–Trinajstić information content (AvgIpc) is 2.61. The maximum absolute atomic E-state index is 6.14. The second kappa shape index (κ2) is 5.45. The molecule has 1 unspecified atom stereocenters. The van der Waals surface area contributed by atoms with Crippen molar-refractivity contribution in [2.45, 2.75) is 44.9 Å². The second-order valence-electron chi connectivity index (χ2n) is 6.42. The molecule has 1 fully saturated rings. The largest absolute Gasteiger partial charge is 0.367 e. The molecule has 1 aromatic heterocycles. The van der Waals surface area contributed by atoms with Crippen molar-refractivity contribution in [2.75, 3.05) is 19.6 Å². The van der Waals surface area contributed by atoms with E-state index in [0.717, 1.165) is 16.9 Å². The Bertz CT molecular complexity index is 428. The summed E-state index contributed by atoms with van der Waals surface area (Å²) in [7, 11) is 0. The summed E-state index contributed by atoms with van der Waals surface area (Å²) in [6.07, 6.45) is 0. The first-order valence-electron chi connectivity index (χ1n) is 6.62. The minimum atomic E-state index is -0.135. The van der Waals surface area contributed by atoms with E-state index in [1.54, 1.807) is 11.3 Å². The van der Waals surface area contributed by atoms with E-state index in [1.165, 1.54) is 4.88 Å². The van der Waals surface area contributed by atoms with Gasteiger partial charge in [0, 0.05) is 24.5 Å². The van der Waals surface area contributed by atoms with Gasteiger partial charge in [0.1, 0.15) is 0 Å². The Labute approximate surface area is 128 Å². The Morgan fingerprint density at radius 2 is 1.89 bits per heavy atom. The third kappa shape index (κ3) is 3.79. The normalized spacial score (nSPS) is 24.3. The first kappa shape index (κ1) is 15.4. The predicted octanol–water partition coefficient (Wildman–Crippen LogP) is 3.40. The van der Waals surface area contributed by atoms with Crippen LogP contribution < -0.4 is 5.73 Å². The highest BCUT2D eigenvalue weighted by Crippen LogP contribution is 2.36. The van der Waals surface area contributed by atoms with Crippen LogP contribution in [0.5, 0.6) is 0 Å². The lowest BCUT2D eigenvalue weighted by Gasteiger charge is -2.49. The van der Waals surface area contributed by atoms with Crippen molar-refractivity contribution in [3.05, 3.63) is 20.8 Å². The fourth-order valence-corrected chi connectivity index (χ4v) is 4.59. The van der Waals surface area contributed by atoms with Gasteiger partial charge in [-0.1, -0.05) is 0 Å². The first-order valence-corrected chi connectivity index (χ1v) is 8.23. The molecular weight excluding hydrogens is 324 g/mol. The minimum absolute atomic E-state index is 0.135. The van der Waals surface area contributed by atoms with Gasteiger partial charge in [-0.05, 0) is 55.8 Å². The van der Waals surface area contributed by atoms with Crippen LogP contribution in [-0.2, 0) is 4.74 Å². The summed E-state index contributed by atoms with van der Waals surface area (Å²) in [5.74, 6) is 0. The molecule has 1 aliphatic heterocycles. The van der Waals surface area contributed by atoms with Gasteiger partial charge in [-0.2, -0.15) is 0 Å². The van der Waals surface area contributed by atoms with Crippen molar-refractivity contribution in [3.8, 4) is 0 Å². The monoisotopic (exact) mass is 346 g/mol. The number of rotatable bonds is 3. The van der Waals surface area contributed by atoms with Crippen LogP contribution in [0.4, 0.5) is 0 Å². The molecule has 1 aliphatic rings. The predicted molar refractivity (Wildman–Crippen MR) is 84.6 cm³/mol.